The lowest BCUT2D eigenvalue weighted by Gasteiger charge is -2.42. The molecule has 2 N–H and O–H groups in total. The number of nitrogens with zero attached hydrogens (tertiary/aromatic N) is 2. The summed E-state index contributed by atoms with van der Waals surface area (Å²) in [5.74, 6) is 0.606. The van der Waals surface area contributed by atoms with E-state index >= 15 is 0 Å². The first-order chi connectivity index (χ1) is 11.0. The molecule has 1 atom stereocenters. The molecule has 2 aliphatic heterocycles. The van der Waals surface area contributed by atoms with Gasteiger partial charge in [-0.15, -0.1) is 0 Å². The lowest BCUT2D eigenvalue weighted by atomic mass is 9.90. The van der Waals surface area contributed by atoms with E-state index in [0.29, 0.717) is 18.9 Å². The Hall–Kier alpha value is -1.14. The van der Waals surface area contributed by atoms with Crippen molar-refractivity contribution in [2.45, 2.75) is 57.1 Å². The third kappa shape index (κ3) is 4.23. The van der Waals surface area contributed by atoms with Gasteiger partial charge in [-0.3, -0.25) is 14.5 Å². The molecule has 0 aromatic carbocycles. The molecule has 0 radical (unpaired) electrons. The van der Waals surface area contributed by atoms with Crippen molar-refractivity contribution in [3.63, 3.8) is 0 Å². The number of hydrogen-bond acceptors (Lipinski definition) is 4. The molecule has 0 aromatic heterocycles. The van der Waals surface area contributed by atoms with E-state index in [1.54, 1.807) is 6.92 Å². The summed E-state index contributed by atoms with van der Waals surface area (Å²) >= 11 is 0. The maximum Gasteiger partial charge on any atom is 0.255 e. The van der Waals surface area contributed by atoms with E-state index in [1.165, 1.54) is 12.8 Å². The summed E-state index contributed by atoms with van der Waals surface area (Å²) in [5, 5.41) is 13.9. The molecule has 0 spiro atoms. The van der Waals surface area contributed by atoms with E-state index in [1.807, 2.05) is 4.90 Å². The molecule has 23 heavy (non-hydrogen) atoms. The van der Waals surface area contributed by atoms with Crippen molar-refractivity contribution >= 4 is 11.8 Å². The Morgan fingerprint density at radius 2 is 1.96 bits per heavy atom. The van der Waals surface area contributed by atoms with Crippen LogP contribution in [0.2, 0.25) is 0 Å². The minimum atomic E-state index is -1.21. The Morgan fingerprint density at radius 3 is 2.57 bits per heavy atom. The summed E-state index contributed by atoms with van der Waals surface area (Å²) in [6.45, 7) is 5.24. The van der Waals surface area contributed by atoms with Crippen LogP contribution in [0.5, 0.6) is 0 Å². The topological polar surface area (TPSA) is 72.9 Å². The van der Waals surface area contributed by atoms with E-state index < -0.39 is 5.60 Å². The molecular formula is C17H29N3O3. The maximum atomic E-state index is 12.7. The molecular weight excluding hydrogens is 294 g/mol. The molecule has 0 unspecified atom stereocenters. The van der Waals surface area contributed by atoms with Gasteiger partial charge in [-0.25, -0.2) is 0 Å². The molecule has 1 aliphatic carbocycles. The molecule has 3 fully saturated rings. The number of amides is 2. The number of nitrogens with one attached hydrogen (secondary N) is 1. The van der Waals surface area contributed by atoms with E-state index in [2.05, 4.69) is 10.2 Å². The number of β-amino-alcohol motifs (C(OH)–C–C–N with tert-alkyl or cyclic N) is 1. The van der Waals surface area contributed by atoms with Crippen LogP contribution in [0.15, 0.2) is 0 Å². The molecule has 3 aliphatic rings. The highest BCUT2D eigenvalue weighted by molar-refractivity contribution is 5.86. The quantitative estimate of drug-likeness (QED) is 0.766. The Bertz CT molecular complexity index is 458. The Morgan fingerprint density at radius 1 is 1.26 bits per heavy atom. The van der Waals surface area contributed by atoms with Crippen molar-refractivity contribution in [3.8, 4) is 0 Å². The lowest BCUT2D eigenvalue weighted by Crippen LogP contribution is -2.60. The highest BCUT2D eigenvalue weighted by Gasteiger charge is 2.44. The molecule has 2 amide bonds. The van der Waals surface area contributed by atoms with Gasteiger partial charge in [-0.2, -0.15) is 0 Å². The number of carbonyl (C=O) groups excluding carboxylic acids is 2. The standard InChI is InChI=1S/C17H29N3O3/c1-13(21)18-15-5-9-19(10-6-15)12-17(23)7-2-8-20(16(17)22)11-14-3-4-14/h14-15,23H,2-12H2,1H3,(H,18,21)/t17-/m1/s1. The average molecular weight is 323 g/mol. The second-order valence-corrected chi connectivity index (χ2v) is 7.58. The van der Waals surface area contributed by atoms with Crippen molar-refractivity contribution in [1.29, 1.82) is 0 Å². The normalized spacial score (nSPS) is 30.5. The Labute approximate surface area is 138 Å². The summed E-state index contributed by atoms with van der Waals surface area (Å²) in [7, 11) is 0. The molecule has 0 bridgehead atoms. The van der Waals surface area contributed by atoms with Gasteiger partial charge in [0.25, 0.3) is 5.91 Å². The first kappa shape index (κ1) is 16.7. The van der Waals surface area contributed by atoms with E-state index in [-0.39, 0.29) is 17.9 Å². The predicted molar refractivity (Wildman–Crippen MR) is 86.8 cm³/mol. The van der Waals surface area contributed by atoms with Crippen LogP contribution in [0.1, 0.15) is 45.4 Å². The third-order valence-corrected chi connectivity index (χ3v) is 5.36. The molecule has 0 aromatic rings. The lowest BCUT2D eigenvalue weighted by molar-refractivity contribution is -0.160. The van der Waals surface area contributed by atoms with Crippen LogP contribution >= 0.6 is 0 Å². The minimum Gasteiger partial charge on any atom is -0.379 e. The smallest absolute Gasteiger partial charge is 0.255 e. The van der Waals surface area contributed by atoms with Gasteiger partial charge in [0.1, 0.15) is 0 Å². The zero-order chi connectivity index (χ0) is 16.4. The van der Waals surface area contributed by atoms with Crippen LogP contribution in [0, 0.1) is 5.92 Å². The number of likely N-dealkylation sites (tertiary alicyclic amines) is 2. The molecule has 2 heterocycles. The van der Waals surface area contributed by atoms with Crippen molar-refractivity contribution in [1.82, 2.24) is 15.1 Å². The number of carbonyl (C=O) groups is 2. The highest BCUT2D eigenvalue weighted by atomic mass is 16.3. The molecule has 6 heteroatoms. The number of aliphatic hydroxyl groups is 1. The van der Waals surface area contributed by atoms with Crippen LogP contribution in [-0.4, -0.2) is 71.1 Å². The van der Waals surface area contributed by atoms with E-state index in [9.17, 15) is 14.7 Å². The van der Waals surface area contributed by atoms with Crippen molar-refractivity contribution in [2.75, 3.05) is 32.7 Å². The SMILES string of the molecule is CC(=O)NC1CCN(C[C@]2(O)CCCN(CC3CC3)C2=O)CC1. The largest absolute Gasteiger partial charge is 0.379 e. The molecule has 3 rings (SSSR count). The van der Waals surface area contributed by atoms with Crippen LogP contribution < -0.4 is 5.32 Å². The van der Waals surface area contributed by atoms with Crippen molar-refractivity contribution in [3.05, 3.63) is 0 Å². The Kier molecular flexibility index (Phi) is 4.92. The summed E-state index contributed by atoms with van der Waals surface area (Å²) < 4.78 is 0. The van der Waals surface area contributed by atoms with Gasteiger partial charge in [0.05, 0.1) is 0 Å². The van der Waals surface area contributed by atoms with Crippen LogP contribution in [0.3, 0.4) is 0 Å². The molecule has 1 saturated carbocycles. The highest BCUT2D eigenvalue weighted by Crippen LogP contribution is 2.33. The van der Waals surface area contributed by atoms with E-state index in [0.717, 1.165) is 45.4 Å². The van der Waals surface area contributed by atoms with E-state index in [4.69, 9.17) is 0 Å². The second kappa shape index (κ2) is 6.77. The molecule has 2 saturated heterocycles. The summed E-state index contributed by atoms with van der Waals surface area (Å²) in [5.41, 5.74) is -1.21. The Balaban J connectivity index is 1.51. The summed E-state index contributed by atoms with van der Waals surface area (Å²) in [4.78, 5) is 27.9. The van der Waals surface area contributed by atoms with Gasteiger partial charge in [-0.05, 0) is 44.4 Å². The summed E-state index contributed by atoms with van der Waals surface area (Å²) in [6.07, 6.45) is 5.67. The van der Waals surface area contributed by atoms with Crippen LogP contribution in [-0.2, 0) is 9.59 Å². The second-order valence-electron chi connectivity index (χ2n) is 7.58. The minimum absolute atomic E-state index is 0.0141. The average Bonchev–Trinajstić information content (AvgIpc) is 3.30. The predicted octanol–water partition coefficient (Wildman–Crippen LogP) is 0.350. The van der Waals surface area contributed by atoms with Gasteiger partial charge in [0, 0.05) is 45.7 Å². The first-order valence-electron chi connectivity index (χ1n) is 8.97. The number of hydrogen-bond donors (Lipinski definition) is 2. The van der Waals surface area contributed by atoms with Crippen LogP contribution in [0.4, 0.5) is 0 Å². The fraction of sp³-hybridized carbons (Fsp3) is 0.882. The van der Waals surface area contributed by atoms with Crippen molar-refractivity contribution < 1.29 is 14.7 Å². The maximum absolute atomic E-state index is 12.7. The number of rotatable bonds is 5. The van der Waals surface area contributed by atoms with Gasteiger partial charge in [0.15, 0.2) is 5.60 Å². The third-order valence-electron chi connectivity index (χ3n) is 5.36. The summed E-state index contributed by atoms with van der Waals surface area (Å²) in [6, 6.07) is 0.229. The first-order valence-corrected chi connectivity index (χ1v) is 8.97. The van der Waals surface area contributed by atoms with Gasteiger partial charge >= 0.3 is 0 Å². The van der Waals surface area contributed by atoms with Gasteiger partial charge in [-0.1, -0.05) is 0 Å². The fourth-order valence-corrected chi connectivity index (χ4v) is 3.89. The molecule has 130 valence electrons. The fourth-order valence-electron chi connectivity index (χ4n) is 3.89. The van der Waals surface area contributed by atoms with Crippen LogP contribution in [0.25, 0.3) is 0 Å². The van der Waals surface area contributed by atoms with Crippen molar-refractivity contribution in [2.24, 2.45) is 5.92 Å². The van der Waals surface area contributed by atoms with Gasteiger partial charge in [0.2, 0.25) is 5.91 Å². The zero-order valence-corrected chi connectivity index (χ0v) is 14.1. The number of piperidine rings is 2. The monoisotopic (exact) mass is 323 g/mol. The van der Waals surface area contributed by atoms with Gasteiger partial charge < -0.3 is 15.3 Å². The molecule has 6 nitrogen and oxygen atoms in total. The zero-order valence-electron chi connectivity index (χ0n) is 14.1.